The Kier molecular flexibility index (Phi) is 4.24. The Morgan fingerprint density at radius 1 is 1.41 bits per heavy atom. The molecular weight excluding hydrogens is 226 g/mol. The van der Waals surface area contributed by atoms with Crippen LogP contribution < -0.4 is 10.5 Å². The summed E-state index contributed by atoms with van der Waals surface area (Å²) in [5.74, 6) is 5.58. The lowest BCUT2D eigenvalue weighted by Crippen LogP contribution is -2.43. The Hall–Kier alpha value is -1.86. The van der Waals surface area contributed by atoms with E-state index in [4.69, 9.17) is 21.2 Å². The molecule has 0 unspecified atom stereocenters. The SMILES string of the molecule is CC1(n2c[n+](N)cn2)CCCCC1.O=[N+]([O-])[O-]. The third-order valence-corrected chi connectivity index (χ3v) is 3.04. The number of rotatable bonds is 1. The van der Waals surface area contributed by atoms with E-state index in [1.54, 1.807) is 6.33 Å². The van der Waals surface area contributed by atoms with Crippen molar-refractivity contribution in [3.63, 3.8) is 0 Å². The van der Waals surface area contributed by atoms with Gasteiger partial charge in [0.25, 0.3) is 6.33 Å². The lowest BCUT2D eigenvalue weighted by Gasteiger charge is -2.28. The summed E-state index contributed by atoms with van der Waals surface area (Å²) in [7, 11) is 0. The van der Waals surface area contributed by atoms with E-state index in [0.29, 0.717) is 0 Å². The molecule has 1 aromatic rings. The lowest BCUT2D eigenvalue weighted by atomic mass is 9.83. The first-order valence-corrected chi connectivity index (χ1v) is 5.47. The minimum absolute atomic E-state index is 0.197. The van der Waals surface area contributed by atoms with Gasteiger partial charge in [-0.1, -0.05) is 6.42 Å². The fourth-order valence-corrected chi connectivity index (χ4v) is 2.12. The molecule has 0 bridgehead atoms. The van der Waals surface area contributed by atoms with Crippen molar-refractivity contribution in [2.45, 2.75) is 44.6 Å². The second-order valence-corrected chi connectivity index (χ2v) is 4.42. The van der Waals surface area contributed by atoms with Crippen molar-refractivity contribution in [3.8, 4) is 0 Å². The number of nitrogens with zero attached hydrogens (tertiary/aromatic N) is 4. The molecule has 17 heavy (non-hydrogen) atoms. The molecule has 1 saturated carbocycles. The molecule has 0 atom stereocenters. The van der Waals surface area contributed by atoms with Crippen LogP contribution in [0.1, 0.15) is 39.0 Å². The van der Waals surface area contributed by atoms with Crippen LogP contribution >= 0.6 is 0 Å². The highest BCUT2D eigenvalue weighted by atomic mass is 16.9. The quantitative estimate of drug-likeness (QED) is 0.330. The summed E-state index contributed by atoms with van der Waals surface area (Å²) in [6.45, 7) is 2.26. The minimum Gasteiger partial charge on any atom is -0.356 e. The second kappa shape index (κ2) is 5.46. The van der Waals surface area contributed by atoms with E-state index in [1.165, 1.54) is 36.8 Å². The zero-order valence-electron chi connectivity index (χ0n) is 9.78. The molecule has 1 aliphatic rings. The van der Waals surface area contributed by atoms with Gasteiger partial charge in [0.1, 0.15) is 5.54 Å². The summed E-state index contributed by atoms with van der Waals surface area (Å²) < 4.78 is 3.52. The monoisotopic (exact) mass is 243 g/mol. The van der Waals surface area contributed by atoms with E-state index < -0.39 is 5.09 Å². The average molecular weight is 243 g/mol. The van der Waals surface area contributed by atoms with Gasteiger partial charge in [0.2, 0.25) is 6.33 Å². The first-order chi connectivity index (χ1) is 7.94. The minimum atomic E-state index is -1.75. The van der Waals surface area contributed by atoms with Gasteiger partial charge < -0.3 is 15.3 Å². The summed E-state index contributed by atoms with van der Waals surface area (Å²) in [5.41, 5.74) is 0.197. The summed E-state index contributed by atoms with van der Waals surface area (Å²) >= 11 is 0. The Bertz CT molecular complexity index is 368. The topological polar surface area (TPSA) is 114 Å². The zero-order chi connectivity index (χ0) is 12.9. The van der Waals surface area contributed by atoms with Crippen LogP contribution in [0.25, 0.3) is 0 Å². The molecule has 0 amide bonds. The van der Waals surface area contributed by atoms with Crippen LogP contribution in [0.15, 0.2) is 12.7 Å². The van der Waals surface area contributed by atoms with Gasteiger partial charge in [0, 0.05) is 5.10 Å². The number of nitrogen functional groups attached to an aromatic ring is 1. The number of aromatic nitrogens is 3. The van der Waals surface area contributed by atoms with Crippen LogP contribution in [0.4, 0.5) is 0 Å². The zero-order valence-corrected chi connectivity index (χ0v) is 9.78. The molecule has 1 aromatic heterocycles. The molecule has 0 spiro atoms. The molecule has 0 aliphatic heterocycles. The second-order valence-electron chi connectivity index (χ2n) is 4.42. The van der Waals surface area contributed by atoms with Gasteiger partial charge in [-0.05, 0) is 32.6 Å². The molecule has 96 valence electrons. The van der Waals surface area contributed by atoms with Crippen molar-refractivity contribution in [2.24, 2.45) is 0 Å². The highest BCUT2D eigenvalue weighted by molar-refractivity contribution is 4.82. The Labute approximate surface area is 98.7 Å². The normalized spacial score (nSPS) is 17.9. The predicted octanol–water partition coefficient (Wildman–Crippen LogP) is 0.325. The number of hydrogen-bond donors (Lipinski definition) is 1. The maximum absolute atomic E-state index is 8.25. The molecule has 1 aliphatic carbocycles. The average Bonchev–Trinajstić information content (AvgIpc) is 2.66. The Balaban J connectivity index is 0.000000317. The lowest BCUT2D eigenvalue weighted by molar-refractivity contribution is -0.640. The largest absolute Gasteiger partial charge is 0.356 e. The Morgan fingerprint density at radius 3 is 2.35 bits per heavy atom. The first-order valence-electron chi connectivity index (χ1n) is 5.47. The van der Waals surface area contributed by atoms with Crippen LogP contribution in [0.3, 0.4) is 0 Å². The van der Waals surface area contributed by atoms with Crippen molar-refractivity contribution in [2.75, 3.05) is 5.84 Å². The maximum Gasteiger partial charge on any atom is 0.286 e. The molecule has 2 rings (SSSR count). The highest BCUT2D eigenvalue weighted by Crippen LogP contribution is 2.33. The highest BCUT2D eigenvalue weighted by Gasteiger charge is 2.34. The standard InChI is InChI=1S/C9H17N4.NO3/c1-9(5-3-2-4-6-9)13-8-12(10)7-11-13;2-1(3)4/h7-8H,2-6,10H2,1H3;/q+1;-1. The fraction of sp³-hybridized carbons (Fsp3) is 0.778. The van der Waals surface area contributed by atoms with Gasteiger partial charge in [-0.25, -0.2) is 0 Å². The molecule has 2 N–H and O–H groups in total. The van der Waals surface area contributed by atoms with Gasteiger partial charge in [-0.2, -0.15) is 0 Å². The van der Waals surface area contributed by atoms with Crippen molar-refractivity contribution in [1.82, 2.24) is 9.78 Å². The van der Waals surface area contributed by atoms with Crippen molar-refractivity contribution in [1.29, 1.82) is 0 Å². The van der Waals surface area contributed by atoms with E-state index in [-0.39, 0.29) is 5.54 Å². The molecule has 0 saturated heterocycles. The van der Waals surface area contributed by atoms with E-state index in [2.05, 4.69) is 12.0 Å². The smallest absolute Gasteiger partial charge is 0.286 e. The van der Waals surface area contributed by atoms with Crippen LogP contribution in [-0.4, -0.2) is 14.9 Å². The third-order valence-electron chi connectivity index (χ3n) is 3.04. The first kappa shape index (κ1) is 13.2. The van der Waals surface area contributed by atoms with Gasteiger partial charge >= 0.3 is 0 Å². The van der Waals surface area contributed by atoms with E-state index in [1.807, 2.05) is 11.0 Å². The van der Waals surface area contributed by atoms with Gasteiger partial charge in [0.05, 0.1) is 5.09 Å². The van der Waals surface area contributed by atoms with Gasteiger partial charge in [0.15, 0.2) is 0 Å². The molecule has 8 nitrogen and oxygen atoms in total. The van der Waals surface area contributed by atoms with Crippen molar-refractivity contribution < 1.29 is 9.76 Å². The van der Waals surface area contributed by atoms with E-state index in [9.17, 15) is 0 Å². The van der Waals surface area contributed by atoms with Gasteiger partial charge in [-0.15, -0.1) is 9.36 Å². The molecule has 0 aromatic carbocycles. The Morgan fingerprint density at radius 2 is 1.94 bits per heavy atom. The van der Waals surface area contributed by atoms with E-state index >= 15 is 0 Å². The van der Waals surface area contributed by atoms with Crippen molar-refractivity contribution >= 4 is 0 Å². The molecule has 1 heterocycles. The van der Waals surface area contributed by atoms with Crippen LogP contribution in [0.2, 0.25) is 0 Å². The summed E-state index contributed by atoms with van der Waals surface area (Å²) in [5, 5.41) is 19.0. The molecular formula is C9H17N5O3. The fourth-order valence-electron chi connectivity index (χ4n) is 2.12. The number of nitrogens with two attached hydrogens (primary N) is 1. The molecule has 0 radical (unpaired) electrons. The summed E-state index contributed by atoms with van der Waals surface area (Å²) in [6, 6.07) is 0. The predicted molar refractivity (Wildman–Crippen MR) is 59.7 cm³/mol. The van der Waals surface area contributed by atoms with Crippen LogP contribution in [0, 0.1) is 15.3 Å². The number of hydrogen-bond acceptors (Lipinski definition) is 5. The van der Waals surface area contributed by atoms with Gasteiger partial charge in [-0.3, -0.25) is 5.84 Å². The summed E-state index contributed by atoms with van der Waals surface area (Å²) in [4.78, 5) is 8.25. The van der Waals surface area contributed by atoms with E-state index in [0.717, 1.165) is 0 Å². The summed E-state index contributed by atoms with van der Waals surface area (Å²) in [6.07, 6.45) is 9.93. The van der Waals surface area contributed by atoms with Crippen LogP contribution in [-0.2, 0) is 5.54 Å². The molecule has 1 fully saturated rings. The maximum atomic E-state index is 8.25. The van der Waals surface area contributed by atoms with Crippen LogP contribution in [0.5, 0.6) is 0 Å². The van der Waals surface area contributed by atoms with Crippen molar-refractivity contribution in [3.05, 3.63) is 28.0 Å². The molecule has 8 heteroatoms. The third kappa shape index (κ3) is 3.89.